The topological polar surface area (TPSA) is 32.3 Å². The molecule has 2 saturated carbocycles. The van der Waals surface area contributed by atoms with Gasteiger partial charge in [-0.25, -0.2) is 0 Å². The molecule has 0 aromatic heterocycles. The molecule has 1 saturated heterocycles. The molecular formula is C16H29ClN2O. The second kappa shape index (κ2) is 7.13. The lowest BCUT2D eigenvalue weighted by Gasteiger charge is -2.30. The Hall–Kier alpha value is -0.280. The van der Waals surface area contributed by atoms with Gasteiger partial charge in [0.05, 0.1) is 0 Å². The van der Waals surface area contributed by atoms with E-state index in [9.17, 15) is 4.79 Å². The fraction of sp³-hybridized carbons (Fsp3) is 0.938. The Bertz CT molecular complexity index is 322. The van der Waals surface area contributed by atoms with Crippen LogP contribution < -0.4 is 5.32 Å². The molecule has 0 aromatic rings. The number of carbonyl (C=O) groups excluding carboxylic acids is 1. The summed E-state index contributed by atoms with van der Waals surface area (Å²) in [6, 6.07) is 1.10. The summed E-state index contributed by atoms with van der Waals surface area (Å²) in [4.78, 5) is 14.8. The van der Waals surface area contributed by atoms with Crippen molar-refractivity contribution in [3.63, 3.8) is 0 Å². The van der Waals surface area contributed by atoms with E-state index in [2.05, 4.69) is 17.1 Å². The molecular weight excluding hydrogens is 272 g/mol. The molecule has 0 spiro atoms. The van der Waals surface area contributed by atoms with Crippen LogP contribution in [0.4, 0.5) is 0 Å². The van der Waals surface area contributed by atoms with Gasteiger partial charge in [0.2, 0.25) is 5.91 Å². The largest absolute Gasteiger partial charge is 0.337 e. The quantitative estimate of drug-likeness (QED) is 0.818. The summed E-state index contributed by atoms with van der Waals surface area (Å²) in [6.07, 6.45) is 9.59. The highest BCUT2D eigenvalue weighted by atomic mass is 35.5. The molecule has 3 aliphatic rings. The Balaban J connectivity index is 0.00000147. The molecule has 1 atom stereocenters. The highest BCUT2D eigenvalue weighted by Crippen LogP contribution is 2.40. The van der Waals surface area contributed by atoms with Crippen LogP contribution >= 0.6 is 12.4 Å². The second-order valence-corrected chi connectivity index (χ2v) is 6.84. The second-order valence-electron chi connectivity index (χ2n) is 6.84. The number of carbonyl (C=O) groups is 1. The first-order valence-electron chi connectivity index (χ1n) is 8.27. The zero-order valence-corrected chi connectivity index (χ0v) is 13.5. The molecule has 1 heterocycles. The van der Waals surface area contributed by atoms with Crippen LogP contribution in [-0.2, 0) is 4.79 Å². The number of piperidine rings is 1. The van der Waals surface area contributed by atoms with Gasteiger partial charge < -0.3 is 10.2 Å². The van der Waals surface area contributed by atoms with Crippen LogP contribution in [0.2, 0.25) is 0 Å². The molecule has 1 unspecified atom stereocenters. The first kappa shape index (κ1) is 16.1. The maximum atomic E-state index is 12.6. The van der Waals surface area contributed by atoms with Crippen LogP contribution in [0.5, 0.6) is 0 Å². The van der Waals surface area contributed by atoms with E-state index < -0.39 is 0 Å². The predicted molar refractivity (Wildman–Crippen MR) is 84.1 cm³/mol. The zero-order chi connectivity index (χ0) is 13.2. The molecule has 1 amide bonds. The average Bonchev–Trinajstić information content (AvgIpc) is 3.29. The zero-order valence-electron chi connectivity index (χ0n) is 12.6. The van der Waals surface area contributed by atoms with E-state index in [1.165, 1.54) is 38.5 Å². The average molecular weight is 301 g/mol. The Labute approximate surface area is 129 Å². The van der Waals surface area contributed by atoms with E-state index in [1.807, 2.05) is 0 Å². The summed E-state index contributed by atoms with van der Waals surface area (Å²) in [7, 11) is 0. The minimum atomic E-state index is 0. The van der Waals surface area contributed by atoms with Gasteiger partial charge in [-0.1, -0.05) is 0 Å². The molecule has 3 nitrogen and oxygen atoms in total. The van der Waals surface area contributed by atoms with Gasteiger partial charge >= 0.3 is 0 Å². The fourth-order valence-corrected chi connectivity index (χ4v) is 3.55. The van der Waals surface area contributed by atoms with Crippen LogP contribution in [0.15, 0.2) is 0 Å². The highest BCUT2D eigenvalue weighted by Gasteiger charge is 2.41. The SMILES string of the molecule is CC(C1CC1)N(C(=O)CCC1CCNCC1)C1CC1.Cl. The van der Waals surface area contributed by atoms with E-state index in [0.717, 1.165) is 37.8 Å². The third-order valence-electron chi connectivity index (χ3n) is 5.20. The van der Waals surface area contributed by atoms with Gasteiger partial charge in [0.15, 0.2) is 0 Å². The molecule has 2 aliphatic carbocycles. The molecule has 1 aliphatic heterocycles. The van der Waals surface area contributed by atoms with Gasteiger partial charge in [-0.3, -0.25) is 4.79 Å². The maximum Gasteiger partial charge on any atom is 0.223 e. The number of hydrogen-bond acceptors (Lipinski definition) is 2. The lowest BCUT2D eigenvalue weighted by atomic mass is 9.93. The van der Waals surface area contributed by atoms with E-state index >= 15 is 0 Å². The fourth-order valence-electron chi connectivity index (χ4n) is 3.55. The van der Waals surface area contributed by atoms with Crippen LogP contribution in [0.3, 0.4) is 0 Å². The van der Waals surface area contributed by atoms with Crippen molar-refractivity contribution in [2.75, 3.05) is 13.1 Å². The van der Waals surface area contributed by atoms with Gasteiger partial charge in [-0.05, 0) is 76.8 Å². The number of rotatable bonds is 6. The number of halogens is 1. The Kier molecular flexibility index (Phi) is 5.74. The lowest BCUT2D eigenvalue weighted by molar-refractivity contribution is -0.134. The highest BCUT2D eigenvalue weighted by molar-refractivity contribution is 5.85. The van der Waals surface area contributed by atoms with Crippen LogP contribution in [0.1, 0.15) is 58.3 Å². The number of nitrogens with zero attached hydrogens (tertiary/aromatic N) is 1. The molecule has 20 heavy (non-hydrogen) atoms. The van der Waals surface area contributed by atoms with E-state index in [-0.39, 0.29) is 12.4 Å². The van der Waals surface area contributed by atoms with E-state index in [4.69, 9.17) is 0 Å². The molecule has 0 bridgehead atoms. The Morgan fingerprint density at radius 3 is 2.35 bits per heavy atom. The summed E-state index contributed by atoms with van der Waals surface area (Å²) in [5.74, 6) is 2.03. The van der Waals surface area contributed by atoms with Crippen molar-refractivity contribution in [2.24, 2.45) is 11.8 Å². The minimum Gasteiger partial charge on any atom is -0.337 e. The summed E-state index contributed by atoms with van der Waals surface area (Å²) in [5, 5.41) is 3.40. The molecule has 3 rings (SSSR count). The van der Waals surface area contributed by atoms with Crippen molar-refractivity contribution in [1.29, 1.82) is 0 Å². The predicted octanol–water partition coefficient (Wildman–Crippen LogP) is 2.98. The van der Waals surface area contributed by atoms with Gasteiger partial charge in [0.25, 0.3) is 0 Å². The minimum absolute atomic E-state index is 0. The first-order chi connectivity index (χ1) is 9.25. The molecule has 116 valence electrons. The number of hydrogen-bond donors (Lipinski definition) is 1. The van der Waals surface area contributed by atoms with Gasteiger partial charge in [0, 0.05) is 18.5 Å². The van der Waals surface area contributed by atoms with Crippen LogP contribution in [0.25, 0.3) is 0 Å². The van der Waals surface area contributed by atoms with Gasteiger partial charge in [-0.15, -0.1) is 12.4 Å². The van der Waals surface area contributed by atoms with Crippen molar-refractivity contribution >= 4 is 18.3 Å². The Morgan fingerprint density at radius 1 is 1.15 bits per heavy atom. The van der Waals surface area contributed by atoms with Crippen molar-refractivity contribution in [1.82, 2.24) is 10.2 Å². The number of nitrogens with one attached hydrogen (secondary N) is 1. The van der Waals surface area contributed by atoms with E-state index in [0.29, 0.717) is 18.0 Å². The van der Waals surface area contributed by atoms with Crippen molar-refractivity contribution in [3.05, 3.63) is 0 Å². The standard InChI is InChI=1S/C16H28N2O.ClH/c1-12(14-3-4-14)18(15-5-6-15)16(19)7-2-13-8-10-17-11-9-13;/h12-15,17H,2-11H2,1H3;1H. The Morgan fingerprint density at radius 2 is 1.80 bits per heavy atom. The third kappa shape index (κ3) is 4.11. The summed E-state index contributed by atoms with van der Waals surface area (Å²) >= 11 is 0. The van der Waals surface area contributed by atoms with Gasteiger partial charge in [-0.2, -0.15) is 0 Å². The molecule has 1 N–H and O–H groups in total. The normalized spacial score (nSPS) is 24.9. The molecule has 0 aromatic carbocycles. The summed E-state index contributed by atoms with van der Waals surface area (Å²) < 4.78 is 0. The molecule has 4 heteroatoms. The molecule has 3 fully saturated rings. The summed E-state index contributed by atoms with van der Waals surface area (Å²) in [5.41, 5.74) is 0. The summed E-state index contributed by atoms with van der Waals surface area (Å²) in [6.45, 7) is 4.56. The monoisotopic (exact) mass is 300 g/mol. The van der Waals surface area contributed by atoms with Gasteiger partial charge in [0.1, 0.15) is 0 Å². The first-order valence-corrected chi connectivity index (χ1v) is 8.27. The molecule has 0 radical (unpaired) electrons. The van der Waals surface area contributed by atoms with Crippen molar-refractivity contribution < 1.29 is 4.79 Å². The smallest absolute Gasteiger partial charge is 0.223 e. The lowest BCUT2D eigenvalue weighted by Crippen LogP contribution is -2.41. The van der Waals surface area contributed by atoms with Crippen molar-refractivity contribution in [2.45, 2.75) is 70.4 Å². The van der Waals surface area contributed by atoms with Crippen LogP contribution in [-0.4, -0.2) is 36.0 Å². The van der Waals surface area contributed by atoms with Crippen LogP contribution in [0, 0.1) is 11.8 Å². The third-order valence-corrected chi connectivity index (χ3v) is 5.20. The number of amides is 1. The van der Waals surface area contributed by atoms with E-state index in [1.54, 1.807) is 0 Å². The van der Waals surface area contributed by atoms with Crippen molar-refractivity contribution in [3.8, 4) is 0 Å². The maximum absolute atomic E-state index is 12.6.